The lowest BCUT2D eigenvalue weighted by Gasteiger charge is -2.06. The Morgan fingerprint density at radius 2 is 2.29 bits per heavy atom. The Kier molecular flexibility index (Phi) is 4.46. The zero-order valence-corrected chi connectivity index (χ0v) is 9.21. The lowest BCUT2D eigenvalue weighted by Crippen LogP contribution is -2.03. The number of ether oxygens (including phenoxy) is 1. The zero-order valence-electron chi connectivity index (χ0n) is 9.21. The number of aromatic nitrogens is 2. The smallest absolute Gasteiger partial charge is 0.202 e. The molecular weight excluding hydrogens is 178 g/mol. The summed E-state index contributed by atoms with van der Waals surface area (Å²) in [6.07, 6.45) is 4.29. The van der Waals surface area contributed by atoms with Gasteiger partial charge in [-0.25, -0.2) is 4.98 Å². The first kappa shape index (κ1) is 11.0. The quantitative estimate of drug-likeness (QED) is 0.705. The van der Waals surface area contributed by atoms with Gasteiger partial charge in [-0.05, 0) is 19.8 Å². The minimum atomic E-state index is 0.836. The normalized spacial score (nSPS) is 10.5. The van der Waals surface area contributed by atoms with Gasteiger partial charge < -0.3 is 14.6 Å². The second kappa shape index (κ2) is 5.65. The van der Waals surface area contributed by atoms with E-state index in [-0.39, 0.29) is 0 Å². The van der Waals surface area contributed by atoms with Crippen molar-refractivity contribution in [3.8, 4) is 0 Å². The largest absolute Gasteiger partial charge is 0.385 e. The predicted octanol–water partition coefficient (Wildman–Crippen LogP) is 1.66. The van der Waals surface area contributed by atoms with Crippen molar-refractivity contribution in [1.82, 2.24) is 9.55 Å². The fraction of sp³-hybridized carbons (Fsp3) is 0.700. The van der Waals surface area contributed by atoms with Gasteiger partial charge >= 0.3 is 0 Å². The Bertz CT molecular complexity index is 270. The van der Waals surface area contributed by atoms with Gasteiger partial charge in [0.15, 0.2) is 0 Å². The highest BCUT2D eigenvalue weighted by Gasteiger charge is 2.02. The molecule has 0 atom stereocenters. The number of nitrogens with one attached hydrogen (secondary N) is 1. The number of hydrogen-bond donors (Lipinski definition) is 1. The summed E-state index contributed by atoms with van der Waals surface area (Å²) in [5.74, 6) is 0.944. The number of nitrogens with zero attached hydrogens (tertiary/aromatic N) is 2. The van der Waals surface area contributed by atoms with Gasteiger partial charge in [-0.2, -0.15) is 0 Å². The first-order valence-corrected chi connectivity index (χ1v) is 4.98. The molecule has 4 nitrogen and oxygen atoms in total. The lowest BCUT2D eigenvalue weighted by molar-refractivity contribution is 0.191. The molecular formula is C10H19N3O. The average Bonchev–Trinajstić information content (AvgIpc) is 2.54. The van der Waals surface area contributed by atoms with Crippen LogP contribution in [-0.2, 0) is 11.3 Å². The van der Waals surface area contributed by atoms with E-state index < -0.39 is 0 Å². The van der Waals surface area contributed by atoms with Crippen LogP contribution in [0, 0.1) is 6.92 Å². The maximum Gasteiger partial charge on any atom is 0.202 e. The van der Waals surface area contributed by atoms with Crippen LogP contribution in [0.2, 0.25) is 0 Å². The van der Waals surface area contributed by atoms with Crippen molar-refractivity contribution in [2.24, 2.45) is 0 Å². The summed E-state index contributed by atoms with van der Waals surface area (Å²) in [6.45, 7) is 3.84. The minimum Gasteiger partial charge on any atom is -0.385 e. The molecule has 0 unspecified atom stereocenters. The molecule has 0 aliphatic heterocycles. The summed E-state index contributed by atoms with van der Waals surface area (Å²) in [4.78, 5) is 4.35. The van der Waals surface area contributed by atoms with Crippen LogP contribution in [0.15, 0.2) is 6.20 Å². The van der Waals surface area contributed by atoms with Gasteiger partial charge in [-0.1, -0.05) is 0 Å². The molecule has 1 N–H and O–H groups in total. The maximum absolute atomic E-state index is 5.00. The SMILES string of the molecule is CNc1nc(C)cn1CCCCOC. The van der Waals surface area contributed by atoms with Crippen LogP contribution in [0.25, 0.3) is 0 Å². The van der Waals surface area contributed by atoms with Crippen LogP contribution in [0.3, 0.4) is 0 Å². The Hall–Kier alpha value is -1.03. The predicted molar refractivity (Wildman–Crippen MR) is 57.6 cm³/mol. The van der Waals surface area contributed by atoms with Crippen LogP contribution in [0.1, 0.15) is 18.5 Å². The molecule has 0 aliphatic rings. The Balaban J connectivity index is 2.41. The Labute approximate surface area is 85.3 Å². The third-order valence-corrected chi connectivity index (χ3v) is 2.12. The van der Waals surface area contributed by atoms with Gasteiger partial charge in [-0.3, -0.25) is 0 Å². The molecule has 4 heteroatoms. The summed E-state index contributed by atoms with van der Waals surface area (Å²) in [5.41, 5.74) is 1.06. The molecule has 0 saturated heterocycles. The van der Waals surface area contributed by atoms with Gasteiger partial charge in [-0.15, -0.1) is 0 Å². The summed E-state index contributed by atoms with van der Waals surface area (Å²) in [7, 11) is 3.63. The lowest BCUT2D eigenvalue weighted by atomic mass is 10.3. The van der Waals surface area contributed by atoms with E-state index in [1.165, 1.54) is 0 Å². The van der Waals surface area contributed by atoms with Crippen molar-refractivity contribution >= 4 is 5.95 Å². The molecule has 0 aliphatic carbocycles. The molecule has 0 saturated carbocycles. The number of unbranched alkanes of at least 4 members (excludes halogenated alkanes) is 1. The summed E-state index contributed by atoms with van der Waals surface area (Å²) in [6, 6.07) is 0. The number of hydrogen-bond acceptors (Lipinski definition) is 3. The molecule has 0 spiro atoms. The molecule has 1 aromatic rings. The summed E-state index contributed by atoms with van der Waals surface area (Å²) >= 11 is 0. The monoisotopic (exact) mass is 197 g/mol. The zero-order chi connectivity index (χ0) is 10.4. The second-order valence-corrected chi connectivity index (χ2v) is 3.35. The van der Waals surface area contributed by atoms with E-state index in [1.54, 1.807) is 7.11 Å². The molecule has 0 radical (unpaired) electrons. The van der Waals surface area contributed by atoms with Crippen molar-refractivity contribution in [2.75, 3.05) is 26.1 Å². The van der Waals surface area contributed by atoms with Crippen molar-refractivity contribution in [3.05, 3.63) is 11.9 Å². The van der Waals surface area contributed by atoms with Crippen molar-refractivity contribution in [1.29, 1.82) is 0 Å². The van der Waals surface area contributed by atoms with Crippen LogP contribution in [-0.4, -0.2) is 30.3 Å². The standard InChI is InChI=1S/C10H19N3O/c1-9-8-13(10(11-2)12-9)6-4-5-7-14-3/h8H,4-7H2,1-3H3,(H,11,12). The van der Waals surface area contributed by atoms with Crippen LogP contribution in [0.4, 0.5) is 5.95 Å². The van der Waals surface area contributed by atoms with Crippen LogP contribution < -0.4 is 5.32 Å². The van der Waals surface area contributed by atoms with E-state index in [1.807, 2.05) is 14.0 Å². The number of methoxy groups -OCH3 is 1. The molecule has 1 rings (SSSR count). The van der Waals surface area contributed by atoms with Crippen molar-refractivity contribution in [2.45, 2.75) is 26.3 Å². The molecule has 0 bridgehead atoms. The van der Waals surface area contributed by atoms with E-state index in [0.29, 0.717) is 0 Å². The highest BCUT2D eigenvalue weighted by molar-refractivity contribution is 5.27. The van der Waals surface area contributed by atoms with Gasteiger partial charge in [0.1, 0.15) is 0 Å². The fourth-order valence-corrected chi connectivity index (χ4v) is 1.45. The number of aryl methyl sites for hydroxylation is 2. The van der Waals surface area contributed by atoms with Crippen molar-refractivity contribution in [3.63, 3.8) is 0 Å². The van der Waals surface area contributed by atoms with Gasteiger partial charge in [0, 0.05) is 33.5 Å². The first-order chi connectivity index (χ1) is 6.77. The summed E-state index contributed by atoms with van der Waals surface area (Å²) in [5, 5.41) is 3.08. The molecule has 80 valence electrons. The third kappa shape index (κ3) is 3.03. The number of rotatable bonds is 6. The van der Waals surface area contributed by atoms with Crippen LogP contribution >= 0.6 is 0 Å². The molecule has 0 amide bonds. The van der Waals surface area contributed by atoms with Gasteiger partial charge in [0.2, 0.25) is 5.95 Å². The third-order valence-electron chi connectivity index (χ3n) is 2.12. The van der Waals surface area contributed by atoms with Crippen LogP contribution in [0.5, 0.6) is 0 Å². The maximum atomic E-state index is 5.00. The first-order valence-electron chi connectivity index (χ1n) is 4.98. The minimum absolute atomic E-state index is 0.836. The van der Waals surface area contributed by atoms with Crippen molar-refractivity contribution < 1.29 is 4.74 Å². The number of imidazole rings is 1. The number of anilines is 1. The van der Waals surface area contributed by atoms with E-state index in [4.69, 9.17) is 4.74 Å². The highest BCUT2D eigenvalue weighted by Crippen LogP contribution is 2.08. The molecule has 1 aromatic heterocycles. The van der Waals surface area contributed by atoms with Gasteiger partial charge in [0.05, 0.1) is 5.69 Å². The molecule has 1 heterocycles. The Morgan fingerprint density at radius 1 is 1.50 bits per heavy atom. The fourth-order valence-electron chi connectivity index (χ4n) is 1.45. The second-order valence-electron chi connectivity index (χ2n) is 3.35. The van der Waals surface area contributed by atoms with E-state index in [9.17, 15) is 0 Å². The van der Waals surface area contributed by atoms with E-state index in [0.717, 1.165) is 37.6 Å². The topological polar surface area (TPSA) is 39.1 Å². The van der Waals surface area contributed by atoms with E-state index >= 15 is 0 Å². The Morgan fingerprint density at radius 3 is 2.93 bits per heavy atom. The highest BCUT2D eigenvalue weighted by atomic mass is 16.5. The molecule has 0 fully saturated rings. The van der Waals surface area contributed by atoms with Gasteiger partial charge in [0.25, 0.3) is 0 Å². The molecule has 0 aromatic carbocycles. The van der Waals surface area contributed by atoms with E-state index in [2.05, 4.69) is 21.1 Å². The summed E-state index contributed by atoms with van der Waals surface area (Å²) < 4.78 is 7.14. The average molecular weight is 197 g/mol. The molecule has 14 heavy (non-hydrogen) atoms.